The molecule has 0 bridgehead atoms. The predicted molar refractivity (Wildman–Crippen MR) is 30.0 cm³/mol. The molecule has 1 aliphatic rings. The zero-order valence-electron chi connectivity index (χ0n) is 3.02. The van der Waals surface area contributed by atoms with Gasteiger partial charge >= 0.3 is 68.9 Å². The molecule has 0 unspecified atom stereocenters. The normalized spacial score (nSPS) is 14.7. The summed E-state index contributed by atoms with van der Waals surface area (Å²) in [5.74, 6) is 0. The van der Waals surface area contributed by atoms with Crippen molar-refractivity contribution in [2.75, 3.05) is 0 Å². The molecule has 0 aliphatic heterocycles. The Hall–Kier alpha value is 1.53. The van der Waals surface area contributed by atoms with E-state index in [0.717, 1.165) is 6.42 Å². The van der Waals surface area contributed by atoms with E-state index in [9.17, 15) is 0 Å². The number of hydrogen-bond donors (Lipinski definition) is 0. The van der Waals surface area contributed by atoms with Crippen molar-refractivity contribution in [2.45, 2.75) is 6.42 Å². The second kappa shape index (κ2) is 4.69. The van der Waals surface area contributed by atoms with Crippen LogP contribution in [-0.4, -0.2) is 68.9 Å². The maximum absolute atomic E-state index is 2.12. The second-order valence-corrected chi connectivity index (χ2v) is 1.09. The van der Waals surface area contributed by atoms with Gasteiger partial charge in [0, 0.05) is 0 Å². The van der Waals surface area contributed by atoms with Crippen LogP contribution in [0.3, 0.4) is 0 Å². The zero-order valence-corrected chi connectivity index (χ0v) is 3.02. The van der Waals surface area contributed by atoms with E-state index >= 15 is 0 Å². The Morgan fingerprint density at radius 3 is 1.67 bits per heavy atom. The molecule has 0 fully saturated rings. The molecule has 0 saturated heterocycles. The van der Waals surface area contributed by atoms with Gasteiger partial charge in [0.2, 0.25) is 0 Å². The van der Waals surface area contributed by atoms with Gasteiger partial charge in [-0.15, -0.1) is 0 Å². The van der Waals surface area contributed by atoms with Crippen LogP contribution in [0, 0.1) is 0 Å². The van der Waals surface area contributed by atoms with E-state index in [4.69, 9.17) is 0 Å². The monoisotopic (exact) mass is 200 g/mol. The molecule has 0 spiro atoms. The van der Waals surface area contributed by atoms with Gasteiger partial charge in [-0.25, -0.2) is 0 Å². The van der Waals surface area contributed by atoms with E-state index in [0.29, 0.717) is 0 Å². The van der Waals surface area contributed by atoms with Crippen LogP contribution in [0.25, 0.3) is 0 Å². The summed E-state index contributed by atoms with van der Waals surface area (Å²) in [5, 5.41) is 0. The van der Waals surface area contributed by atoms with Crippen molar-refractivity contribution in [2.24, 2.45) is 0 Å². The Labute approximate surface area is 97.1 Å². The third-order valence-corrected chi connectivity index (χ3v) is 0.655. The van der Waals surface area contributed by atoms with Crippen LogP contribution >= 0.6 is 0 Å². The molecular weight excluding hydrogens is 193 g/mol. The molecule has 0 aromatic heterocycles. The summed E-state index contributed by atoms with van der Waals surface area (Å²) < 4.78 is 0. The third-order valence-electron chi connectivity index (χ3n) is 0.655. The summed E-state index contributed by atoms with van der Waals surface area (Å²) in [4.78, 5) is 0. The molecule has 0 aromatic rings. The first-order valence-corrected chi connectivity index (χ1v) is 1.82. The summed E-state index contributed by atoms with van der Waals surface area (Å²) in [6.07, 6.45) is 9.50. The van der Waals surface area contributed by atoms with Crippen molar-refractivity contribution in [3.63, 3.8) is 0 Å². The molecule has 0 nitrogen and oxygen atoms in total. The summed E-state index contributed by atoms with van der Waals surface area (Å²) in [7, 11) is 0. The first kappa shape index (κ1) is 7.53. The number of rotatable bonds is 0. The summed E-state index contributed by atoms with van der Waals surface area (Å²) >= 11 is 0. The van der Waals surface area contributed by atoms with Crippen molar-refractivity contribution in [3.05, 3.63) is 24.3 Å². The van der Waals surface area contributed by atoms with E-state index < -0.39 is 0 Å². The first-order valence-electron chi connectivity index (χ1n) is 1.82. The van der Waals surface area contributed by atoms with Crippen molar-refractivity contribution in [3.8, 4) is 0 Å². The van der Waals surface area contributed by atoms with Crippen LogP contribution in [0.4, 0.5) is 0 Å². The predicted octanol–water partition coefficient (Wildman–Crippen LogP) is 0.854. The van der Waals surface area contributed by atoms with Crippen LogP contribution in [0.5, 0.6) is 0 Å². The fourth-order valence-corrected chi connectivity index (χ4v) is 0.393. The van der Waals surface area contributed by atoms with Gasteiger partial charge in [0.25, 0.3) is 0 Å². The minimum atomic E-state index is 0. The fourth-order valence-electron chi connectivity index (χ4n) is 0.393. The Balaban J connectivity index is 0.000000250. The first-order chi connectivity index (χ1) is 2.50. The molecule has 0 N–H and O–H groups in total. The SMILES string of the molecule is C1=CCC=C1.[CsH]. The molecule has 0 aromatic carbocycles. The van der Waals surface area contributed by atoms with Gasteiger partial charge in [0.1, 0.15) is 0 Å². The Morgan fingerprint density at radius 1 is 1.00 bits per heavy atom. The maximum atomic E-state index is 2.12. The van der Waals surface area contributed by atoms with Gasteiger partial charge < -0.3 is 0 Å². The van der Waals surface area contributed by atoms with Crippen molar-refractivity contribution < 1.29 is 0 Å². The summed E-state index contributed by atoms with van der Waals surface area (Å²) in [5.41, 5.74) is 0. The zero-order chi connectivity index (χ0) is 3.54. The molecule has 0 radical (unpaired) electrons. The van der Waals surface area contributed by atoms with Crippen LogP contribution in [0.2, 0.25) is 0 Å². The van der Waals surface area contributed by atoms with Crippen LogP contribution in [0.1, 0.15) is 6.42 Å². The van der Waals surface area contributed by atoms with Gasteiger partial charge in [0.15, 0.2) is 0 Å². The van der Waals surface area contributed by atoms with Gasteiger partial charge in [-0.1, -0.05) is 24.3 Å². The van der Waals surface area contributed by atoms with Crippen molar-refractivity contribution >= 4 is 68.9 Å². The van der Waals surface area contributed by atoms with Gasteiger partial charge in [-0.2, -0.15) is 0 Å². The Bertz CT molecular complexity index is 62.0. The molecule has 0 heterocycles. The average molecular weight is 200 g/mol. The molecular formula is C5H7Cs. The quantitative estimate of drug-likeness (QED) is 0.543. The molecule has 1 aliphatic carbocycles. The third kappa shape index (κ3) is 2.66. The van der Waals surface area contributed by atoms with Crippen molar-refractivity contribution in [1.82, 2.24) is 0 Å². The molecule has 0 atom stereocenters. The number of allylic oxidation sites excluding steroid dienone is 4. The van der Waals surface area contributed by atoms with Crippen LogP contribution < -0.4 is 0 Å². The molecule has 0 amide bonds. The van der Waals surface area contributed by atoms with Crippen LogP contribution in [-0.2, 0) is 0 Å². The summed E-state index contributed by atoms with van der Waals surface area (Å²) in [6, 6.07) is 0. The van der Waals surface area contributed by atoms with Crippen molar-refractivity contribution in [1.29, 1.82) is 0 Å². The van der Waals surface area contributed by atoms with E-state index in [1.807, 2.05) is 0 Å². The van der Waals surface area contributed by atoms with Gasteiger partial charge in [-0.3, -0.25) is 0 Å². The minimum absolute atomic E-state index is 0. The number of hydrogen-bond acceptors (Lipinski definition) is 0. The average Bonchev–Trinajstić information content (AvgIpc) is 1.76. The van der Waals surface area contributed by atoms with Crippen LogP contribution in [0.15, 0.2) is 24.3 Å². The van der Waals surface area contributed by atoms with E-state index in [1.165, 1.54) is 0 Å². The van der Waals surface area contributed by atoms with Gasteiger partial charge in [-0.05, 0) is 6.42 Å². The Kier molecular flexibility index (Phi) is 5.88. The second-order valence-electron chi connectivity index (χ2n) is 1.09. The fraction of sp³-hybridized carbons (Fsp3) is 0.200. The van der Waals surface area contributed by atoms with E-state index in [-0.39, 0.29) is 68.9 Å². The Morgan fingerprint density at radius 2 is 1.50 bits per heavy atom. The molecule has 28 valence electrons. The standard InChI is InChI=1S/C5H6.Cs.H/c1-2-4-5-3-1;;/h1-4H,5H2;;. The molecule has 0 saturated carbocycles. The van der Waals surface area contributed by atoms with E-state index in [2.05, 4.69) is 24.3 Å². The molecule has 6 heavy (non-hydrogen) atoms. The van der Waals surface area contributed by atoms with Gasteiger partial charge in [0.05, 0.1) is 0 Å². The summed E-state index contributed by atoms with van der Waals surface area (Å²) in [6.45, 7) is 0. The molecule has 1 heteroatoms. The topological polar surface area (TPSA) is 0 Å². The molecule has 1 rings (SSSR count). The van der Waals surface area contributed by atoms with E-state index in [1.54, 1.807) is 0 Å².